The molecule has 0 bridgehead atoms. The van der Waals surface area contributed by atoms with Crippen molar-refractivity contribution in [2.75, 3.05) is 44.8 Å². The zero-order valence-corrected chi connectivity index (χ0v) is 17.0. The minimum absolute atomic E-state index is 0.129. The number of hydrogen-bond donors (Lipinski definition) is 0. The zero-order valence-electron chi connectivity index (χ0n) is 16.2. The summed E-state index contributed by atoms with van der Waals surface area (Å²) in [5.41, 5.74) is 0.318. The van der Waals surface area contributed by atoms with Crippen molar-refractivity contribution in [1.29, 1.82) is 0 Å². The molecule has 0 N–H and O–H groups in total. The van der Waals surface area contributed by atoms with Crippen molar-refractivity contribution in [3.8, 4) is 5.75 Å². The summed E-state index contributed by atoms with van der Waals surface area (Å²) < 4.78 is 10.2. The van der Waals surface area contributed by atoms with Crippen molar-refractivity contribution in [2.45, 2.75) is 0 Å². The van der Waals surface area contributed by atoms with Crippen LogP contribution in [0.1, 0.15) is 10.4 Å². The fourth-order valence-electron chi connectivity index (χ4n) is 3.13. The number of nitro benzene ring substituents is 1. The summed E-state index contributed by atoms with van der Waals surface area (Å²) in [5, 5.41) is 11.2. The molecule has 0 spiro atoms. The maximum atomic E-state index is 12.4. The van der Waals surface area contributed by atoms with Gasteiger partial charge in [0.15, 0.2) is 6.61 Å². The second-order valence-corrected chi connectivity index (χ2v) is 7.00. The van der Waals surface area contributed by atoms with E-state index in [0.29, 0.717) is 26.2 Å². The number of ether oxygens (including phenoxy) is 2. The number of anilines is 1. The molecule has 0 aliphatic carbocycles. The van der Waals surface area contributed by atoms with Crippen LogP contribution in [-0.2, 0) is 9.53 Å². The predicted molar refractivity (Wildman–Crippen MR) is 110 cm³/mol. The van der Waals surface area contributed by atoms with Gasteiger partial charge >= 0.3 is 5.97 Å². The van der Waals surface area contributed by atoms with Crippen LogP contribution in [0.15, 0.2) is 42.5 Å². The highest BCUT2D eigenvalue weighted by molar-refractivity contribution is 6.31. The molecular formula is C20H20ClN3O6. The number of piperazine rings is 1. The molecule has 0 atom stereocenters. The van der Waals surface area contributed by atoms with Gasteiger partial charge in [-0.25, -0.2) is 4.79 Å². The third-order valence-electron chi connectivity index (χ3n) is 4.77. The van der Waals surface area contributed by atoms with Crippen LogP contribution in [0, 0.1) is 10.1 Å². The van der Waals surface area contributed by atoms with E-state index < -0.39 is 23.2 Å². The summed E-state index contributed by atoms with van der Waals surface area (Å²) in [7, 11) is 1.61. The molecule has 3 rings (SSSR count). The Morgan fingerprint density at radius 1 is 1.10 bits per heavy atom. The van der Waals surface area contributed by atoms with Crippen LogP contribution < -0.4 is 9.64 Å². The first-order chi connectivity index (χ1) is 14.4. The molecule has 30 heavy (non-hydrogen) atoms. The number of carbonyl (C=O) groups is 2. The number of halogens is 1. The zero-order chi connectivity index (χ0) is 21.7. The molecule has 1 aliphatic rings. The lowest BCUT2D eigenvalue weighted by molar-refractivity contribution is -0.385. The van der Waals surface area contributed by atoms with Gasteiger partial charge in [-0.2, -0.15) is 0 Å². The predicted octanol–water partition coefficient (Wildman–Crippen LogP) is 2.76. The lowest BCUT2D eigenvalue weighted by Crippen LogP contribution is -2.49. The van der Waals surface area contributed by atoms with Gasteiger partial charge in [0.05, 0.1) is 12.0 Å². The van der Waals surface area contributed by atoms with Gasteiger partial charge in [0, 0.05) is 43.0 Å². The Labute approximate surface area is 177 Å². The molecule has 1 fully saturated rings. The summed E-state index contributed by atoms with van der Waals surface area (Å²) in [5.74, 6) is -0.520. The summed E-state index contributed by atoms with van der Waals surface area (Å²) in [6, 6.07) is 11.3. The second kappa shape index (κ2) is 9.45. The number of rotatable bonds is 6. The van der Waals surface area contributed by atoms with Crippen LogP contribution in [-0.4, -0.2) is 61.6 Å². The quantitative estimate of drug-likeness (QED) is 0.392. The maximum absolute atomic E-state index is 12.4. The fourth-order valence-corrected chi connectivity index (χ4v) is 3.30. The van der Waals surface area contributed by atoms with Crippen LogP contribution in [0.5, 0.6) is 5.75 Å². The van der Waals surface area contributed by atoms with E-state index in [1.807, 2.05) is 24.3 Å². The fraction of sp³-hybridized carbons (Fsp3) is 0.300. The van der Waals surface area contributed by atoms with Gasteiger partial charge in [0.1, 0.15) is 11.3 Å². The van der Waals surface area contributed by atoms with E-state index in [4.69, 9.17) is 21.1 Å². The minimum atomic E-state index is -0.941. The Hall–Kier alpha value is -3.33. The van der Waals surface area contributed by atoms with E-state index >= 15 is 0 Å². The molecule has 1 amide bonds. The van der Waals surface area contributed by atoms with Crippen LogP contribution in [0.4, 0.5) is 11.4 Å². The molecule has 2 aromatic carbocycles. The van der Waals surface area contributed by atoms with Crippen LogP contribution >= 0.6 is 11.6 Å². The summed E-state index contributed by atoms with van der Waals surface area (Å²) >= 11 is 5.74. The average Bonchev–Trinajstić information content (AvgIpc) is 2.77. The van der Waals surface area contributed by atoms with Gasteiger partial charge in [-0.15, -0.1) is 0 Å². The van der Waals surface area contributed by atoms with Gasteiger partial charge in [-0.1, -0.05) is 11.6 Å². The van der Waals surface area contributed by atoms with Gasteiger partial charge in [-0.05, 0) is 36.4 Å². The third kappa shape index (κ3) is 4.98. The summed E-state index contributed by atoms with van der Waals surface area (Å²) in [6.07, 6.45) is 0. The number of hydrogen-bond acceptors (Lipinski definition) is 7. The molecule has 0 unspecified atom stereocenters. The monoisotopic (exact) mass is 433 g/mol. The molecule has 1 saturated heterocycles. The number of nitro groups is 1. The van der Waals surface area contributed by atoms with E-state index in [1.165, 1.54) is 12.1 Å². The highest BCUT2D eigenvalue weighted by atomic mass is 35.5. The van der Waals surface area contributed by atoms with Crippen molar-refractivity contribution < 1.29 is 24.0 Å². The smallest absolute Gasteiger partial charge is 0.345 e. The van der Waals surface area contributed by atoms with Crippen molar-refractivity contribution in [1.82, 2.24) is 4.90 Å². The standard InChI is InChI=1S/C20H20ClN3O6/c1-29-16-5-3-15(4-6-16)22-8-10-23(11-9-22)19(25)13-30-20(26)17-7-2-14(21)12-18(17)24(27)28/h2-7,12H,8-11,13H2,1H3. The largest absolute Gasteiger partial charge is 0.497 e. The average molecular weight is 434 g/mol. The van der Waals surface area contributed by atoms with Crippen molar-refractivity contribution in [3.63, 3.8) is 0 Å². The normalized spacial score (nSPS) is 13.7. The number of methoxy groups -OCH3 is 1. The molecule has 2 aromatic rings. The molecule has 1 aliphatic heterocycles. The SMILES string of the molecule is COc1ccc(N2CCN(C(=O)COC(=O)c3ccc(Cl)cc3[N+](=O)[O-])CC2)cc1. The molecule has 0 saturated carbocycles. The van der Waals surface area contributed by atoms with Crippen LogP contribution in [0.3, 0.4) is 0 Å². The Bertz CT molecular complexity index is 942. The third-order valence-corrected chi connectivity index (χ3v) is 5.01. The Morgan fingerprint density at radius 2 is 1.77 bits per heavy atom. The molecule has 9 nitrogen and oxygen atoms in total. The maximum Gasteiger partial charge on any atom is 0.345 e. The van der Waals surface area contributed by atoms with E-state index in [1.54, 1.807) is 12.0 Å². The van der Waals surface area contributed by atoms with Gasteiger partial charge in [-0.3, -0.25) is 14.9 Å². The highest BCUT2D eigenvalue weighted by Crippen LogP contribution is 2.24. The number of esters is 1. The lowest BCUT2D eigenvalue weighted by Gasteiger charge is -2.36. The highest BCUT2D eigenvalue weighted by Gasteiger charge is 2.25. The molecular weight excluding hydrogens is 414 g/mol. The first-order valence-electron chi connectivity index (χ1n) is 9.17. The van der Waals surface area contributed by atoms with E-state index in [2.05, 4.69) is 4.90 Å². The number of benzene rings is 2. The van der Waals surface area contributed by atoms with Gasteiger partial charge in [0.2, 0.25) is 0 Å². The number of carbonyl (C=O) groups excluding carboxylic acids is 2. The molecule has 1 heterocycles. The molecule has 0 aromatic heterocycles. The van der Waals surface area contributed by atoms with E-state index in [9.17, 15) is 19.7 Å². The second-order valence-electron chi connectivity index (χ2n) is 6.56. The number of nitrogens with zero attached hydrogens (tertiary/aromatic N) is 3. The Kier molecular flexibility index (Phi) is 6.73. The Balaban J connectivity index is 1.52. The topological polar surface area (TPSA) is 102 Å². The van der Waals surface area contributed by atoms with Gasteiger partial charge in [0.25, 0.3) is 11.6 Å². The number of amides is 1. The van der Waals surface area contributed by atoms with Crippen molar-refractivity contribution >= 4 is 34.9 Å². The summed E-state index contributed by atoms with van der Waals surface area (Å²) in [6.45, 7) is 1.73. The molecule has 0 radical (unpaired) electrons. The van der Waals surface area contributed by atoms with E-state index in [0.717, 1.165) is 17.5 Å². The lowest BCUT2D eigenvalue weighted by atomic mass is 10.2. The Morgan fingerprint density at radius 3 is 2.37 bits per heavy atom. The van der Waals surface area contributed by atoms with Crippen molar-refractivity contribution in [3.05, 3.63) is 63.2 Å². The van der Waals surface area contributed by atoms with Crippen LogP contribution in [0.25, 0.3) is 0 Å². The summed E-state index contributed by atoms with van der Waals surface area (Å²) in [4.78, 5) is 38.7. The van der Waals surface area contributed by atoms with Crippen molar-refractivity contribution in [2.24, 2.45) is 0 Å². The van der Waals surface area contributed by atoms with Gasteiger partial charge < -0.3 is 19.3 Å². The molecule has 10 heteroatoms. The first kappa shape index (κ1) is 21.4. The van der Waals surface area contributed by atoms with E-state index in [-0.39, 0.29) is 16.5 Å². The molecule has 158 valence electrons. The first-order valence-corrected chi connectivity index (χ1v) is 9.54. The van der Waals surface area contributed by atoms with Crippen LogP contribution in [0.2, 0.25) is 5.02 Å². The minimum Gasteiger partial charge on any atom is -0.497 e.